The van der Waals surface area contributed by atoms with E-state index in [4.69, 9.17) is 9.84 Å². The van der Waals surface area contributed by atoms with Crippen LogP contribution < -0.4 is 10.1 Å². The molecule has 0 saturated heterocycles. The second-order valence-corrected chi connectivity index (χ2v) is 5.66. The molecule has 0 radical (unpaired) electrons. The summed E-state index contributed by atoms with van der Waals surface area (Å²) in [6.07, 6.45) is 2.15. The summed E-state index contributed by atoms with van der Waals surface area (Å²) in [5.41, 5.74) is 0.480. The minimum atomic E-state index is -0.844. The fourth-order valence-corrected chi connectivity index (χ4v) is 3.03. The third kappa shape index (κ3) is 3.12. The molecule has 0 heterocycles. The molecule has 1 saturated carbocycles. The second kappa shape index (κ2) is 6.26. The van der Waals surface area contributed by atoms with Crippen molar-refractivity contribution in [2.24, 2.45) is 5.92 Å². The number of hydrogen-bond acceptors (Lipinski definition) is 3. The molecule has 1 aromatic carbocycles. The van der Waals surface area contributed by atoms with E-state index in [1.165, 1.54) is 0 Å². The monoisotopic (exact) mass is 341 g/mol. The van der Waals surface area contributed by atoms with Crippen molar-refractivity contribution in [1.82, 2.24) is 5.32 Å². The number of rotatable bonds is 4. The number of aliphatic carboxylic acids is 1. The minimum Gasteiger partial charge on any atom is -0.496 e. The van der Waals surface area contributed by atoms with Gasteiger partial charge in [-0.2, -0.15) is 0 Å². The fraction of sp³-hybridized carbons (Fsp3) is 0.429. The summed E-state index contributed by atoms with van der Waals surface area (Å²) in [7, 11) is 1.55. The molecule has 0 bridgehead atoms. The second-order valence-electron chi connectivity index (χ2n) is 4.80. The Morgan fingerprint density at radius 3 is 2.75 bits per heavy atom. The minimum absolute atomic E-state index is 0.258. The molecule has 6 heteroatoms. The normalized spacial score (nSPS) is 21.5. The van der Waals surface area contributed by atoms with Gasteiger partial charge in [0.05, 0.1) is 17.5 Å². The van der Waals surface area contributed by atoms with Gasteiger partial charge in [0.15, 0.2) is 0 Å². The van der Waals surface area contributed by atoms with Crippen LogP contribution in [-0.2, 0) is 4.79 Å². The predicted molar refractivity (Wildman–Crippen MR) is 76.9 cm³/mol. The molecular weight excluding hydrogens is 326 g/mol. The molecule has 1 aromatic rings. The lowest BCUT2D eigenvalue weighted by atomic mass is 10.0. The molecule has 1 aliphatic carbocycles. The van der Waals surface area contributed by atoms with E-state index >= 15 is 0 Å². The van der Waals surface area contributed by atoms with Crippen LogP contribution in [0.15, 0.2) is 22.7 Å². The van der Waals surface area contributed by atoms with Gasteiger partial charge in [0, 0.05) is 11.6 Å². The van der Waals surface area contributed by atoms with Crippen molar-refractivity contribution in [3.63, 3.8) is 0 Å². The van der Waals surface area contributed by atoms with Crippen molar-refractivity contribution in [3.05, 3.63) is 28.2 Å². The van der Waals surface area contributed by atoms with Crippen LogP contribution in [0.1, 0.15) is 29.6 Å². The van der Waals surface area contributed by atoms with E-state index in [1.807, 2.05) is 0 Å². The molecule has 1 aliphatic rings. The van der Waals surface area contributed by atoms with Gasteiger partial charge in [-0.25, -0.2) is 0 Å². The molecule has 0 aromatic heterocycles. The predicted octanol–water partition coefficient (Wildman–Crippen LogP) is 2.44. The van der Waals surface area contributed by atoms with Gasteiger partial charge in [0.25, 0.3) is 5.91 Å². The number of carboxylic acid groups (broad SMARTS) is 1. The molecule has 0 unspecified atom stereocenters. The Labute approximate surface area is 125 Å². The van der Waals surface area contributed by atoms with E-state index in [0.717, 1.165) is 6.42 Å². The van der Waals surface area contributed by atoms with Crippen molar-refractivity contribution in [2.45, 2.75) is 25.3 Å². The number of amides is 1. The van der Waals surface area contributed by atoms with Gasteiger partial charge in [-0.05, 0) is 47.0 Å². The van der Waals surface area contributed by atoms with Crippen LogP contribution in [0.2, 0.25) is 0 Å². The standard InChI is InChI=1S/C14H16BrNO4/c1-20-12-6-5-8(7-10(12)15)13(17)16-11-4-2-3-9(11)14(18)19/h5-7,9,11H,2-4H2,1H3,(H,16,17)(H,18,19)/t9-,11+/m0/s1. The fourth-order valence-electron chi connectivity index (χ4n) is 2.49. The van der Waals surface area contributed by atoms with E-state index in [-0.39, 0.29) is 11.9 Å². The van der Waals surface area contributed by atoms with Gasteiger partial charge in [0.2, 0.25) is 0 Å². The Morgan fingerprint density at radius 1 is 1.40 bits per heavy atom. The zero-order valence-electron chi connectivity index (χ0n) is 11.1. The highest BCUT2D eigenvalue weighted by molar-refractivity contribution is 9.10. The van der Waals surface area contributed by atoms with E-state index in [1.54, 1.807) is 25.3 Å². The Hall–Kier alpha value is -1.56. The molecule has 1 fully saturated rings. The highest BCUT2D eigenvalue weighted by atomic mass is 79.9. The smallest absolute Gasteiger partial charge is 0.308 e. The molecule has 20 heavy (non-hydrogen) atoms. The largest absolute Gasteiger partial charge is 0.496 e. The first-order chi connectivity index (χ1) is 9.52. The zero-order valence-corrected chi connectivity index (χ0v) is 12.6. The molecule has 2 atom stereocenters. The maximum absolute atomic E-state index is 12.2. The van der Waals surface area contributed by atoms with Crippen LogP contribution in [-0.4, -0.2) is 30.1 Å². The summed E-state index contributed by atoms with van der Waals surface area (Å²) in [4.78, 5) is 23.2. The summed E-state index contributed by atoms with van der Waals surface area (Å²) in [6, 6.07) is 4.73. The van der Waals surface area contributed by atoms with Crippen LogP contribution in [0.25, 0.3) is 0 Å². The van der Waals surface area contributed by atoms with Gasteiger partial charge in [-0.1, -0.05) is 6.42 Å². The van der Waals surface area contributed by atoms with E-state index in [0.29, 0.717) is 28.6 Å². The number of ether oxygens (including phenoxy) is 1. The third-order valence-electron chi connectivity index (χ3n) is 3.56. The molecule has 108 valence electrons. The third-order valence-corrected chi connectivity index (χ3v) is 4.18. The van der Waals surface area contributed by atoms with Crippen LogP contribution in [0.5, 0.6) is 5.75 Å². The Bertz CT molecular complexity index is 532. The summed E-state index contributed by atoms with van der Waals surface area (Å²) in [5.74, 6) is -0.943. The van der Waals surface area contributed by atoms with Gasteiger partial charge in [-0.3, -0.25) is 9.59 Å². The number of methoxy groups -OCH3 is 1. The summed E-state index contributed by atoms with van der Waals surface area (Å²) >= 11 is 3.32. The summed E-state index contributed by atoms with van der Waals surface area (Å²) in [6.45, 7) is 0. The van der Waals surface area contributed by atoms with Crippen molar-refractivity contribution in [2.75, 3.05) is 7.11 Å². The molecule has 2 N–H and O–H groups in total. The topological polar surface area (TPSA) is 75.6 Å². The molecule has 5 nitrogen and oxygen atoms in total. The Morgan fingerprint density at radius 2 is 2.15 bits per heavy atom. The number of halogens is 1. The lowest BCUT2D eigenvalue weighted by Crippen LogP contribution is -2.40. The number of benzene rings is 1. The first-order valence-electron chi connectivity index (χ1n) is 6.40. The average molecular weight is 342 g/mol. The van der Waals surface area contributed by atoms with Crippen molar-refractivity contribution in [3.8, 4) is 5.75 Å². The molecule has 1 amide bonds. The van der Waals surface area contributed by atoms with Gasteiger partial charge in [-0.15, -0.1) is 0 Å². The lowest BCUT2D eigenvalue weighted by molar-refractivity contribution is -0.142. The molecule has 0 spiro atoms. The SMILES string of the molecule is COc1ccc(C(=O)N[C@@H]2CCC[C@@H]2C(=O)O)cc1Br. The van der Waals surface area contributed by atoms with E-state index in [2.05, 4.69) is 21.2 Å². The van der Waals surface area contributed by atoms with E-state index < -0.39 is 11.9 Å². The first-order valence-corrected chi connectivity index (χ1v) is 7.19. The molecule has 2 rings (SSSR count). The van der Waals surface area contributed by atoms with Crippen LogP contribution >= 0.6 is 15.9 Å². The first kappa shape index (κ1) is 14.8. The van der Waals surface area contributed by atoms with Gasteiger partial charge < -0.3 is 15.2 Å². The van der Waals surface area contributed by atoms with Crippen molar-refractivity contribution in [1.29, 1.82) is 0 Å². The lowest BCUT2D eigenvalue weighted by Gasteiger charge is -2.17. The average Bonchev–Trinajstić information content (AvgIpc) is 2.86. The van der Waals surface area contributed by atoms with Crippen molar-refractivity contribution < 1.29 is 19.4 Å². The Balaban J connectivity index is 2.08. The number of carboxylic acids is 1. The molecular formula is C14H16BrNO4. The number of carbonyl (C=O) groups is 2. The van der Waals surface area contributed by atoms with Gasteiger partial charge in [0.1, 0.15) is 5.75 Å². The van der Waals surface area contributed by atoms with Crippen LogP contribution in [0.4, 0.5) is 0 Å². The maximum atomic E-state index is 12.2. The Kier molecular flexibility index (Phi) is 4.65. The zero-order chi connectivity index (χ0) is 14.7. The maximum Gasteiger partial charge on any atom is 0.308 e. The quantitative estimate of drug-likeness (QED) is 0.881. The summed E-state index contributed by atoms with van der Waals surface area (Å²) < 4.78 is 5.79. The number of nitrogens with one attached hydrogen (secondary N) is 1. The number of carbonyl (C=O) groups excluding carboxylic acids is 1. The van der Waals surface area contributed by atoms with Crippen LogP contribution in [0.3, 0.4) is 0 Å². The van der Waals surface area contributed by atoms with E-state index in [9.17, 15) is 9.59 Å². The highest BCUT2D eigenvalue weighted by Crippen LogP contribution is 2.28. The molecule has 0 aliphatic heterocycles. The number of hydrogen-bond donors (Lipinski definition) is 2. The van der Waals surface area contributed by atoms with Crippen LogP contribution in [0, 0.1) is 5.92 Å². The summed E-state index contributed by atoms with van der Waals surface area (Å²) in [5, 5.41) is 11.9. The highest BCUT2D eigenvalue weighted by Gasteiger charge is 2.34. The van der Waals surface area contributed by atoms with Crippen molar-refractivity contribution >= 4 is 27.8 Å². The van der Waals surface area contributed by atoms with Gasteiger partial charge >= 0.3 is 5.97 Å².